The second kappa shape index (κ2) is 5.75. The van der Waals surface area contributed by atoms with Gasteiger partial charge in [0.05, 0.1) is 15.0 Å². The van der Waals surface area contributed by atoms with E-state index in [1.165, 1.54) is 11.3 Å². The van der Waals surface area contributed by atoms with Gasteiger partial charge in [-0.05, 0) is 35.1 Å². The summed E-state index contributed by atoms with van der Waals surface area (Å²) in [7, 11) is 0. The van der Waals surface area contributed by atoms with Crippen LogP contribution < -0.4 is 5.56 Å². The van der Waals surface area contributed by atoms with Crippen molar-refractivity contribution in [3.63, 3.8) is 0 Å². The van der Waals surface area contributed by atoms with E-state index in [1.807, 2.05) is 17.5 Å². The van der Waals surface area contributed by atoms with Gasteiger partial charge in [0.25, 0.3) is 5.56 Å². The Balaban J connectivity index is 1.77. The van der Waals surface area contributed by atoms with Gasteiger partial charge < -0.3 is 0 Å². The van der Waals surface area contributed by atoms with E-state index in [4.69, 9.17) is 0 Å². The molecule has 3 aromatic rings. The van der Waals surface area contributed by atoms with Crippen LogP contribution in [-0.4, -0.2) is 15.6 Å². The Morgan fingerprint density at radius 1 is 1.05 bits per heavy atom. The summed E-state index contributed by atoms with van der Waals surface area (Å²) < 4.78 is 1.92. The highest BCUT2D eigenvalue weighted by Crippen LogP contribution is 2.17. The quantitative estimate of drug-likeness (QED) is 0.693. The van der Waals surface area contributed by atoms with E-state index in [0.29, 0.717) is 10.3 Å². The minimum atomic E-state index is -0.328. The third-order valence-electron chi connectivity index (χ3n) is 3.08. The van der Waals surface area contributed by atoms with Crippen LogP contribution in [0.3, 0.4) is 0 Å². The highest BCUT2D eigenvalue weighted by molar-refractivity contribution is 7.14. The van der Waals surface area contributed by atoms with Gasteiger partial charge in [0, 0.05) is 12.8 Å². The second-order valence-corrected chi connectivity index (χ2v) is 6.42. The molecular weight excluding hydrogens is 306 g/mol. The second-order valence-electron chi connectivity index (χ2n) is 4.48. The first-order valence-corrected chi connectivity index (χ1v) is 8.03. The van der Waals surface area contributed by atoms with E-state index < -0.39 is 0 Å². The van der Waals surface area contributed by atoms with Gasteiger partial charge in [-0.25, -0.2) is 0 Å². The Kier molecular flexibility index (Phi) is 3.81. The van der Waals surface area contributed by atoms with Gasteiger partial charge >= 0.3 is 0 Å². The number of carbonyl (C=O) groups is 2. The van der Waals surface area contributed by atoms with Crippen LogP contribution in [0, 0.1) is 0 Å². The zero-order valence-corrected chi connectivity index (χ0v) is 12.6. The smallest absolute Gasteiger partial charge is 0.275 e. The van der Waals surface area contributed by atoms with E-state index in [0.717, 1.165) is 20.2 Å². The lowest BCUT2D eigenvalue weighted by Crippen LogP contribution is -2.21. The van der Waals surface area contributed by atoms with Gasteiger partial charge in [0.15, 0.2) is 5.78 Å². The number of ketones is 1. The van der Waals surface area contributed by atoms with Gasteiger partial charge in [0.2, 0.25) is 5.91 Å². The molecule has 1 aromatic carbocycles. The molecule has 4 nitrogen and oxygen atoms in total. The van der Waals surface area contributed by atoms with Crippen LogP contribution in [0.25, 0.3) is 10.1 Å². The van der Waals surface area contributed by atoms with Crippen molar-refractivity contribution in [1.82, 2.24) is 3.96 Å². The number of hydrogen-bond acceptors (Lipinski definition) is 5. The lowest BCUT2D eigenvalue weighted by molar-refractivity contribution is 0.0872. The summed E-state index contributed by atoms with van der Waals surface area (Å²) in [5, 5.41) is 2.37. The monoisotopic (exact) mass is 317 g/mol. The zero-order chi connectivity index (χ0) is 14.8. The summed E-state index contributed by atoms with van der Waals surface area (Å²) in [6.45, 7) is 0. The van der Waals surface area contributed by atoms with Crippen molar-refractivity contribution < 1.29 is 9.59 Å². The number of hydrogen-bond donors (Lipinski definition) is 0. The summed E-state index contributed by atoms with van der Waals surface area (Å²) in [4.78, 5) is 36.8. The van der Waals surface area contributed by atoms with E-state index in [1.54, 1.807) is 24.3 Å². The number of benzene rings is 1. The van der Waals surface area contributed by atoms with Crippen LogP contribution in [0.2, 0.25) is 0 Å². The van der Waals surface area contributed by atoms with E-state index in [9.17, 15) is 14.4 Å². The Labute approximate surface area is 128 Å². The highest BCUT2D eigenvalue weighted by atomic mass is 32.1. The van der Waals surface area contributed by atoms with Crippen molar-refractivity contribution in [2.45, 2.75) is 12.8 Å². The molecule has 21 heavy (non-hydrogen) atoms. The van der Waals surface area contributed by atoms with Gasteiger partial charge in [0.1, 0.15) is 0 Å². The summed E-state index contributed by atoms with van der Waals surface area (Å²) in [6.07, 6.45) is 0.170. The predicted molar refractivity (Wildman–Crippen MR) is 84.6 cm³/mol. The van der Waals surface area contributed by atoms with E-state index in [-0.39, 0.29) is 30.1 Å². The Bertz CT molecular complexity index is 859. The fraction of sp³-hybridized carbons (Fsp3) is 0.133. The van der Waals surface area contributed by atoms with Crippen LogP contribution in [0.15, 0.2) is 46.6 Å². The number of rotatable bonds is 4. The van der Waals surface area contributed by atoms with Crippen LogP contribution in [0.1, 0.15) is 27.3 Å². The van der Waals surface area contributed by atoms with Crippen molar-refractivity contribution in [2.24, 2.45) is 0 Å². The van der Waals surface area contributed by atoms with Crippen molar-refractivity contribution in [1.29, 1.82) is 0 Å². The molecule has 0 radical (unpaired) electrons. The first kappa shape index (κ1) is 13.9. The lowest BCUT2D eigenvalue weighted by Gasteiger charge is -1.98. The summed E-state index contributed by atoms with van der Waals surface area (Å²) >= 11 is 2.49. The Morgan fingerprint density at radius 3 is 2.57 bits per heavy atom. The van der Waals surface area contributed by atoms with Crippen LogP contribution in [0.4, 0.5) is 0 Å². The van der Waals surface area contributed by atoms with Gasteiger partial charge in [-0.1, -0.05) is 18.2 Å². The first-order valence-electron chi connectivity index (χ1n) is 6.38. The summed E-state index contributed by atoms with van der Waals surface area (Å²) in [6, 6.07) is 10.6. The fourth-order valence-electron chi connectivity index (χ4n) is 2.02. The van der Waals surface area contributed by atoms with Crippen molar-refractivity contribution in [2.75, 3.05) is 0 Å². The molecule has 0 unspecified atom stereocenters. The fourth-order valence-corrected chi connectivity index (χ4v) is 3.68. The molecule has 0 amide bonds. The third kappa shape index (κ3) is 2.72. The zero-order valence-electron chi connectivity index (χ0n) is 10.9. The van der Waals surface area contributed by atoms with E-state index in [2.05, 4.69) is 0 Å². The normalized spacial score (nSPS) is 10.9. The molecule has 2 aromatic heterocycles. The number of thiophene rings is 1. The lowest BCUT2D eigenvalue weighted by atomic mass is 10.2. The molecule has 2 heterocycles. The standard InChI is InChI=1S/C15H11NO3S2/c17-11(13-6-3-9-20-13)7-8-14(18)16-15(19)10-4-1-2-5-12(10)21-16/h1-6,9H,7-8H2. The molecule has 6 heteroatoms. The number of nitrogens with zero attached hydrogens (tertiary/aromatic N) is 1. The topological polar surface area (TPSA) is 56.1 Å². The number of fused-ring (bicyclic) bond motifs is 1. The molecular formula is C15H11NO3S2. The molecule has 0 atom stereocenters. The van der Waals surface area contributed by atoms with Crippen LogP contribution >= 0.6 is 22.9 Å². The maximum atomic E-state index is 12.1. The van der Waals surface area contributed by atoms with Crippen molar-refractivity contribution in [3.8, 4) is 0 Å². The SMILES string of the molecule is O=C(CCC(=O)n1sc2ccccc2c1=O)c1cccs1. The van der Waals surface area contributed by atoms with Crippen molar-refractivity contribution in [3.05, 3.63) is 57.0 Å². The largest absolute Gasteiger partial charge is 0.293 e. The molecule has 0 saturated carbocycles. The minimum Gasteiger partial charge on any atom is -0.293 e. The molecule has 0 saturated heterocycles. The highest BCUT2D eigenvalue weighted by Gasteiger charge is 2.15. The van der Waals surface area contributed by atoms with Crippen molar-refractivity contribution >= 4 is 44.6 Å². The van der Waals surface area contributed by atoms with Crippen LogP contribution in [0.5, 0.6) is 0 Å². The third-order valence-corrected chi connectivity index (χ3v) is 5.10. The number of aromatic nitrogens is 1. The summed E-state index contributed by atoms with van der Waals surface area (Å²) in [5.74, 6) is -0.390. The molecule has 0 spiro atoms. The Morgan fingerprint density at radius 2 is 1.86 bits per heavy atom. The number of carbonyl (C=O) groups excluding carboxylic acids is 2. The van der Waals surface area contributed by atoms with Gasteiger partial charge in [-0.2, -0.15) is 3.96 Å². The first-order chi connectivity index (χ1) is 10.2. The molecule has 0 aliphatic rings. The molecule has 0 bridgehead atoms. The average Bonchev–Trinajstić information content (AvgIpc) is 3.13. The molecule has 0 fully saturated rings. The average molecular weight is 317 g/mol. The Hall–Kier alpha value is -2.05. The van der Waals surface area contributed by atoms with Crippen LogP contribution in [-0.2, 0) is 0 Å². The van der Waals surface area contributed by atoms with E-state index >= 15 is 0 Å². The molecule has 0 aliphatic carbocycles. The maximum Gasteiger partial charge on any atom is 0.275 e. The van der Waals surface area contributed by atoms with Gasteiger partial charge in [-0.3, -0.25) is 14.4 Å². The molecule has 0 N–H and O–H groups in total. The predicted octanol–water partition coefficient (Wildman–Crippen LogP) is 3.43. The maximum absolute atomic E-state index is 12.1. The molecule has 0 aliphatic heterocycles. The van der Waals surface area contributed by atoms with Gasteiger partial charge in [-0.15, -0.1) is 11.3 Å². The molecule has 3 rings (SSSR count). The summed E-state index contributed by atoms with van der Waals surface area (Å²) in [5.41, 5.74) is -0.302. The molecule has 106 valence electrons. The minimum absolute atomic E-state index is 0.0451. The number of Topliss-reactive ketones (excluding diaryl/α,β-unsaturated/α-hetero) is 1.